The number of halogens is 2. The van der Waals surface area contributed by atoms with Gasteiger partial charge in [0.05, 0.1) is 5.41 Å². The summed E-state index contributed by atoms with van der Waals surface area (Å²) < 4.78 is 1.68. The average Bonchev–Trinajstić information content (AvgIpc) is 2.89. The molecule has 1 saturated carbocycles. The molecule has 1 fully saturated rings. The first-order valence-electron chi connectivity index (χ1n) is 6.47. The van der Waals surface area contributed by atoms with Gasteiger partial charge in [0.25, 0.3) is 0 Å². The molecule has 0 bridgehead atoms. The van der Waals surface area contributed by atoms with Gasteiger partial charge in [0, 0.05) is 6.07 Å². The smallest absolute Gasteiger partial charge is 0.141 e. The first kappa shape index (κ1) is 13.3. The third kappa shape index (κ3) is 2.48. The van der Waals surface area contributed by atoms with Crippen LogP contribution in [-0.4, -0.2) is 9.97 Å². The maximum absolute atomic E-state index is 4.64. The normalized spacial score (nSPS) is 17.6. The number of benzene rings is 1. The number of rotatable bonds is 2. The maximum atomic E-state index is 4.64. The minimum absolute atomic E-state index is 0.0203. The molecule has 4 heteroatoms. The summed E-state index contributed by atoms with van der Waals surface area (Å²) in [5, 5.41) is 0. The highest BCUT2D eigenvalue weighted by Gasteiger charge is 2.40. The summed E-state index contributed by atoms with van der Waals surface area (Å²) in [4.78, 5) is 9.28. The molecular weight excluding hydrogens is 368 g/mol. The molecule has 0 aliphatic heterocycles. The number of hydrogen-bond donors (Lipinski definition) is 0. The second-order valence-electron chi connectivity index (χ2n) is 4.99. The lowest BCUT2D eigenvalue weighted by Gasteiger charge is -2.28. The van der Waals surface area contributed by atoms with E-state index in [0.717, 1.165) is 27.9 Å². The number of aromatic nitrogens is 2. The van der Waals surface area contributed by atoms with E-state index in [1.54, 1.807) is 0 Å². The van der Waals surface area contributed by atoms with Crippen LogP contribution in [0.4, 0.5) is 0 Å². The van der Waals surface area contributed by atoms with Crippen LogP contribution in [0, 0.1) is 0 Å². The van der Waals surface area contributed by atoms with Gasteiger partial charge in [-0.1, -0.05) is 43.2 Å². The highest BCUT2D eigenvalue weighted by molar-refractivity contribution is 9.11. The Balaban J connectivity index is 2.16. The maximum Gasteiger partial charge on any atom is 0.141 e. The van der Waals surface area contributed by atoms with Crippen molar-refractivity contribution in [1.82, 2.24) is 9.97 Å². The summed E-state index contributed by atoms with van der Waals surface area (Å²) in [6, 6.07) is 12.5. The summed E-state index contributed by atoms with van der Waals surface area (Å²) in [5.74, 6) is 0.928. The fourth-order valence-electron chi connectivity index (χ4n) is 2.98. The van der Waals surface area contributed by atoms with E-state index in [1.807, 2.05) is 6.07 Å². The van der Waals surface area contributed by atoms with Crippen molar-refractivity contribution in [3.63, 3.8) is 0 Å². The van der Waals surface area contributed by atoms with Gasteiger partial charge in [0.2, 0.25) is 0 Å². The molecular formula is C15H14Br2N2. The van der Waals surface area contributed by atoms with Gasteiger partial charge in [-0.05, 0) is 50.3 Å². The van der Waals surface area contributed by atoms with Crippen LogP contribution >= 0.6 is 31.9 Å². The predicted octanol–water partition coefficient (Wildman–Crippen LogP) is 4.86. The molecule has 1 aliphatic carbocycles. The molecule has 2 nitrogen and oxygen atoms in total. The molecule has 98 valence electrons. The van der Waals surface area contributed by atoms with Gasteiger partial charge in [0.15, 0.2) is 0 Å². The van der Waals surface area contributed by atoms with Crippen LogP contribution in [-0.2, 0) is 5.41 Å². The predicted molar refractivity (Wildman–Crippen MR) is 83.1 cm³/mol. The molecule has 1 aromatic heterocycles. The Hall–Kier alpha value is -0.740. The third-order valence-corrected chi connectivity index (χ3v) is 4.69. The summed E-state index contributed by atoms with van der Waals surface area (Å²) in [5.41, 5.74) is 1.31. The van der Waals surface area contributed by atoms with Gasteiger partial charge in [-0.3, -0.25) is 0 Å². The van der Waals surface area contributed by atoms with Crippen LogP contribution in [0.3, 0.4) is 0 Å². The molecule has 2 aromatic rings. The number of nitrogens with zero attached hydrogens (tertiary/aromatic N) is 2. The highest BCUT2D eigenvalue weighted by atomic mass is 79.9. The van der Waals surface area contributed by atoms with Crippen molar-refractivity contribution in [2.45, 2.75) is 31.1 Å². The molecule has 0 saturated heterocycles. The Bertz CT molecular complexity index is 558. The van der Waals surface area contributed by atoms with E-state index >= 15 is 0 Å². The largest absolute Gasteiger partial charge is 0.225 e. The van der Waals surface area contributed by atoms with Crippen LogP contribution in [0.25, 0.3) is 0 Å². The summed E-state index contributed by atoms with van der Waals surface area (Å²) in [7, 11) is 0. The molecule has 1 aromatic carbocycles. The van der Waals surface area contributed by atoms with E-state index in [0.29, 0.717) is 0 Å². The standard InChI is InChI=1S/C15H14Br2N2/c16-12-10-13(17)19-14(18-12)15(8-4-5-9-15)11-6-2-1-3-7-11/h1-3,6-7,10H,4-5,8-9H2. The molecule has 0 atom stereocenters. The van der Waals surface area contributed by atoms with Crippen LogP contribution in [0.15, 0.2) is 45.6 Å². The van der Waals surface area contributed by atoms with Crippen molar-refractivity contribution in [2.75, 3.05) is 0 Å². The number of hydrogen-bond acceptors (Lipinski definition) is 2. The fraction of sp³-hybridized carbons (Fsp3) is 0.333. The summed E-state index contributed by atoms with van der Waals surface area (Å²) in [6.07, 6.45) is 4.73. The van der Waals surface area contributed by atoms with Crippen molar-refractivity contribution >= 4 is 31.9 Å². The van der Waals surface area contributed by atoms with Crippen LogP contribution in [0.5, 0.6) is 0 Å². The van der Waals surface area contributed by atoms with Gasteiger partial charge >= 0.3 is 0 Å². The van der Waals surface area contributed by atoms with Crippen molar-refractivity contribution in [1.29, 1.82) is 0 Å². The third-order valence-electron chi connectivity index (χ3n) is 3.88. The van der Waals surface area contributed by atoms with Crippen molar-refractivity contribution in [3.05, 3.63) is 57.0 Å². The molecule has 0 amide bonds. The SMILES string of the molecule is Brc1cc(Br)nc(C2(c3ccccc3)CCCC2)n1. The molecule has 3 rings (SSSR count). The lowest BCUT2D eigenvalue weighted by Crippen LogP contribution is -2.26. The quantitative estimate of drug-likeness (QED) is 0.694. The van der Waals surface area contributed by atoms with Crippen molar-refractivity contribution < 1.29 is 0 Å². The minimum atomic E-state index is -0.0203. The topological polar surface area (TPSA) is 25.8 Å². The molecule has 0 unspecified atom stereocenters. The zero-order valence-electron chi connectivity index (χ0n) is 10.4. The zero-order valence-corrected chi connectivity index (χ0v) is 13.6. The minimum Gasteiger partial charge on any atom is -0.225 e. The second kappa shape index (κ2) is 5.33. The van der Waals surface area contributed by atoms with Gasteiger partial charge in [0.1, 0.15) is 15.0 Å². The Morgan fingerprint density at radius 3 is 2.05 bits per heavy atom. The highest BCUT2D eigenvalue weighted by Crippen LogP contribution is 2.45. The Morgan fingerprint density at radius 1 is 0.895 bits per heavy atom. The summed E-state index contributed by atoms with van der Waals surface area (Å²) >= 11 is 6.95. The summed E-state index contributed by atoms with van der Waals surface area (Å²) in [6.45, 7) is 0. The first-order valence-corrected chi connectivity index (χ1v) is 8.05. The Labute approximate surface area is 129 Å². The van der Waals surface area contributed by atoms with E-state index in [2.05, 4.69) is 72.2 Å². The van der Waals surface area contributed by atoms with E-state index in [9.17, 15) is 0 Å². The van der Waals surface area contributed by atoms with Gasteiger partial charge in [-0.25, -0.2) is 9.97 Å². The molecule has 19 heavy (non-hydrogen) atoms. The van der Waals surface area contributed by atoms with E-state index in [-0.39, 0.29) is 5.41 Å². The second-order valence-corrected chi connectivity index (χ2v) is 6.62. The Morgan fingerprint density at radius 2 is 1.47 bits per heavy atom. The van der Waals surface area contributed by atoms with Gasteiger partial charge in [-0.2, -0.15) is 0 Å². The fourth-order valence-corrected chi connectivity index (χ4v) is 4.06. The first-order chi connectivity index (χ1) is 9.21. The Kier molecular flexibility index (Phi) is 3.72. The molecule has 0 radical (unpaired) electrons. The van der Waals surface area contributed by atoms with Crippen molar-refractivity contribution in [2.24, 2.45) is 0 Å². The van der Waals surface area contributed by atoms with Gasteiger partial charge < -0.3 is 0 Å². The molecule has 0 spiro atoms. The van der Waals surface area contributed by atoms with Gasteiger partial charge in [-0.15, -0.1) is 0 Å². The van der Waals surface area contributed by atoms with Crippen molar-refractivity contribution in [3.8, 4) is 0 Å². The van der Waals surface area contributed by atoms with Crippen LogP contribution in [0.2, 0.25) is 0 Å². The monoisotopic (exact) mass is 380 g/mol. The van der Waals surface area contributed by atoms with Crippen LogP contribution in [0.1, 0.15) is 37.1 Å². The average molecular weight is 382 g/mol. The van der Waals surface area contributed by atoms with E-state index in [4.69, 9.17) is 0 Å². The van der Waals surface area contributed by atoms with E-state index < -0.39 is 0 Å². The zero-order chi connectivity index (χ0) is 13.3. The molecule has 0 N–H and O–H groups in total. The van der Waals surface area contributed by atoms with Crippen LogP contribution < -0.4 is 0 Å². The lowest BCUT2D eigenvalue weighted by molar-refractivity contribution is 0.496. The molecule has 1 heterocycles. The lowest BCUT2D eigenvalue weighted by atomic mass is 9.78. The van der Waals surface area contributed by atoms with E-state index in [1.165, 1.54) is 18.4 Å². The molecule has 1 aliphatic rings.